The van der Waals surface area contributed by atoms with Gasteiger partial charge < -0.3 is 18.8 Å². The third-order valence-corrected chi connectivity index (χ3v) is 4.83. The fourth-order valence-corrected chi connectivity index (χ4v) is 3.40. The number of thiophene rings is 1. The number of nitrogens with zero attached hydrogens (tertiary/aromatic N) is 1. The zero-order chi connectivity index (χ0) is 18.4. The monoisotopic (exact) mass is 371 g/mol. The number of amides is 1. The van der Waals surface area contributed by atoms with E-state index in [0.717, 1.165) is 16.4 Å². The molecule has 0 saturated carbocycles. The predicted octanol–water partition coefficient (Wildman–Crippen LogP) is 4.27. The van der Waals surface area contributed by atoms with Crippen LogP contribution in [0.4, 0.5) is 0 Å². The molecule has 0 N–H and O–H groups in total. The van der Waals surface area contributed by atoms with Crippen molar-refractivity contribution in [2.75, 3.05) is 13.7 Å². The quantitative estimate of drug-likeness (QED) is 0.593. The third-order valence-electron chi connectivity index (χ3n) is 3.84. The van der Waals surface area contributed by atoms with E-state index in [1.807, 2.05) is 18.2 Å². The number of methoxy groups -OCH3 is 1. The van der Waals surface area contributed by atoms with Crippen molar-refractivity contribution < 1.29 is 18.7 Å². The van der Waals surface area contributed by atoms with E-state index in [0.29, 0.717) is 18.8 Å². The molecule has 136 valence electrons. The van der Waals surface area contributed by atoms with Crippen molar-refractivity contribution in [2.45, 2.75) is 20.0 Å². The fourth-order valence-electron chi connectivity index (χ4n) is 2.49. The number of furan rings is 1. The van der Waals surface area contributed by atoms with Gasteiger partial charge in [-0.15, -0.1) is 11.3 Å². The van der Waals surface area contributed by atoms with Crippen LogP contribution >= 0.6 is 11.3 Å². The summed E-state index contributed by atoms with van der Waals surface area (Å²) < 4.78 is 16.2. The van der Waals surface area contributed by atoms with Crippen LogP contribution in [-0.2, 0) is 17.9 Å². The normalized spacial score (nSPS) is 10.5. The molecule has 0 fully saturated rings. The van der Waals surface area contributed by atoms with Gasteiger partial charge in [0.05, 0.1) is 26.5 Å². The predicted molar refractivity (Wildman–Crippen MR) is 101 cm³/mol. The van der Waals surface area contributed by atoms with Crippen molar-refractivity contribution in [3.63, 3.8) is 0 Å². The summed E-state index contributed by atoms with van der Waals surface area (Å²) in [6, 6.07) is 15.0. The highest BCUT2D eigenvalue weighted by atomic mass is 32.1. The molecule has 6 heteroatoms. The van der Waals surface area contributed by atoms with E-state index in [9.17, 15) is 4.79 Å². The molecule has 0 spiro atoms. The van der Waals surface area contributed by atoms with Crippen molar-refractivity contribution in [3.8, 4) is 11.5 Å². The summed E-state index contributed by atoms with van der Waals surface area (Å²) in [5.74, 6) is 2.03. The second-order valence-corrected chi connectivity index (χ2v) is 7.18. The second kappa shape index (κ2) is 8.58. The van der Waals surface area contributed by atoms with Gasteiger partial charge in [-0.1, -0.05) is 0 Å². The van der Waals surface area contributed by atoms with Gasteiger partial charge in [0, 0.05) is 9.75 Å². The first-order valence-electron chi connectivity index (χ1n) is 8.26. The molecule has 0 aliphatic rings. The van der Waals surface area contributed by atoms with Crippen LogP contribution in [0.5, 0.6) is 11.5 Å². The zero-order valence-electron chi connectivity index (χ0n) is 14.8. The average molecular weight is 371 g/mol. The number of rotatable bonds is 8. The molecule has 1 amide bonds. The summed E-state index contributed by atoms with van der Waals surface area (Å²) in [6.07, 6.45) is 1.61. The van der Waals surface area contributed by atoms with Crippen molar-refractivity contribution >= 4 is 17.2 Å². The minimum Gasteiger partial charge on any atom is -0.497 e. The summed E-state index contributed by atoms with van der Waals surface area (Å²) in [5, 5.41) is 0. The lowest BCUT2D eigenvalue weighted by Crippen LogP contribution is -2.33. The van der Waals surface area contributed by atoms with Crippen molar-refractivity contribution in [1.29, 1.82) is 0 Å². The molecule has 3 aromatic rings. The van der Waals surface area contributed by atoms with E-state index in [4.69, 9.17) is 13.9 Å². The van der Waals surface area contributed by atoms with Gasteiger partial charge in [0.2, 0.25) is 0 Å². The number of benzene rings is 1. The molecule has 0 unspecified atom stereocenters. The lowest BCUT2D eigenvalue weighted by molar-refractivity contribution is -0.134. The van der Waals surface area contributed by atoms with Crippen LogP contribution in [-0.4, -0.2) is 24.5 Å². The van der Waals surface area contributed by atoms with Crippen molar-refractivity contribution in [1.82, 2.24) is 4.90 Å². The number of ether oxygens (including phenoxy) is 2. The molecule has 0 radical (unpaired) electrons. The number of carbonyl (C=O) groups is 1. The van der Waals surface area contributed by atoms with Crippen LogP contribution in [0.1, 0.15) is 15.5 Å². The Balaban J connectivity index is 1.64. The summed E-state index contributed by atoms with van der Waals surface area (Å²) in [5.41, 5.74) is 0. The highest BCUT2D eigenvalue weighted by molar-refractivity contribution is 7.11. The van der Waals surface area contributed by atoms with Crippen LogP contribution in [0.2, 0.25) is 0 Å². The van der Waals surface area contributed by atoms with Crippen molar-refractivity contribution in [2.24, 2.45) is 0 Å². The van der Waals surface area contributed by atoms with E-state index in [2.05, 4.69) is 13.0 Å². The smallest absolute Gasteiger partial charge is 0.261 e. The lowest BCUT2D eigenvalue weighted by atomic mass is 10.3. The molecule has 0 bridgehead atoms. The van der Waals surface area contributed by atoms with Crippen LogP contribution in [0.25, 0.3) is 0 Å². The Bertz CT molecular complexity index is 824. The van der Waals surface area contributed by atoms with Crippen LogP contribution in [0.15, 0.2) is 59.2 Å². The molecule has 0 aliphatic heterocycles. The van der Waals surface area contributed by atoms with Gasteiger partial charge in [0.15, 0.2) is 6.61 Å². The first-order valence-corrected chi connectivity index (χ1v) is 9.08. The third kappa shape index (κ3) is 4.89. The Morgan fingerprint density at radius 1 is 1.08 bits per heavy atom. The van der Waals surface area contributed by atoms with E-state index in [1.54, 1.807) is 53.9 Å². The summed E-state index contributed by atoms with van der Waals surface area (Å²) >= 11 is 1.69. The first-order chi connectivity index (χ1) is 12.6. The summed E-state index contributed by atoms with van der Waals surface area (Å²) in [4.78, 5) is 16.8. The molecule has 1 aromatic carbocycles. The molecule has 2 aromatic heterocycles. The summed E-state index contributed by atoms with van der Waals surface area (Å²) in [7, 11) is 1.61. The van der Waals surface area contributed by atoms with E-state index in [1.165, 1.54) is 4.88 Å². The average Bonchev–Trinajstić information content (AvgIpc) is 3.31. The second-order valence-electron chi connectivity index (χ2n) is 5.81. The zero-order valence-corrected chi connectivity index (χ0v) is 15.6. The highest BCUT2D eigenvalue weighted by Crippen LogP contribution is 2.20. The number of aryl methyl sites for hydroxylation is 1. The molecular formula is C20H21NO4S. The number of carbonyl (C=O) groups excluding carboxylic acids is 1. The van der Waals surface area contributed by atoms with Crippen molar-refractivity contribution in [3.05, 3.63) is 70.3 Å². The van der Waals surface area contributed by atoms with Crippen LogP contribution < -0.4 is 9.47 Å². The van der Waals surface area contributed by atoms with Gasteiger partial charge in [-0.3, -0.25) is 4.79 Å². The standard InChI is InChI=1S/C20H21NO4S/c1-15-5-10-19(26-15)13-21(12-18-4-3-11-24-18)20(22)14-25-17-8-6-16(23-2)7-9-17/h3-11H,12-14H2,1-2H3. The molecule has 0 atom stereocenters. The van der Waals surface area contributed by atoms with E-state index in [-0.39, 0.29) is 12.5 Å². The van der Waals surface area contributed by atoms with E-state index < -0.39 is 0 Å². The minimum atomic E-state index is -0.0942. The Labute approximate surface area is 156 Å². The van der Waals surface area contributed by atoms with Crippen LogP contribution in [0.3, 0.4) is 0 Å². The SMILES string of the molecule is COc1ccc(OCC(=O)N(Cc2ccco2)Cc2ccc(C)s2)cc1. The fraction of sp³-hybridized carbons (Fsp3) is 0.250. The number of hydrogen-bond donors (Lipinski definition) is 0. The molecule has 5 nitrogen and oxygen atoms in total. The maximum Gasteiger partial charge on any atom is 0.261 e. The molecular weight excluding hydrogens is 350 g/mol. The molecule has 3 rings (SSSR count). The summed E-state index contributed by atoms with van der Waals surface area (Å²) in [6.45, 7) is 2.97. The van der Waals surface area contributed by atoms with Gasteiger partial charge >= 0.3 is 0 Å². The minimum absolute atomic E-state index is 0.0304. The van der Waals surface area contributed by atoms with Gasteiger partial charge in [0.25, 0.3) is 5.91 Å². The number of hydrogen-bond acceptors (Lipinski definition) is 5. The maximum atomic E-state index is 12.7. The lowest BCUT2D eigenvalue weighted by Gasteiger charge is -2.21. The Hall–Kier alpha value is -2.73. The highest BCUT2D eigenvalue weighted by Gasteiger charge is 2.17. The topological polar surface area (TPSA) is 51.9 Å². The molecule has 26 heavy (non-hydrogen) atoms. The Morgan fingerprint density at radius 3 is 2.46 bits per heavy atom. The molecule has 0 saturated heterocycles. The van der Waals surface area contributed by atoms with Gasteiger partial charge in [-0.2, -0.15) is 0 Å². The molecule has 0 aliphatic carbocycles. The Morgan fingerprint density at radius 2 is 1.85 bits per heavy atom. The van der Waals surface area contributed by atoms with Crippen LogP contribution in [0, 0.1) is 6.92 Å². The molecule has 2 heterocycles. The Kier molecular flexibility index (Phi) is 5.96. The van der Waals surface area contributed by atoms with Gasteiger partial charge in [0.1, 0.15) is 17.3 Å². The maximum absolute atomic E-state index is 12.7. The van der Waals surface area contributed by atoms with Gasteiger partial charge in [-0.25, -0.2) is 0 Å². The largest absolute Gasteiger partial charge is 0.497 e. The first kappa shape index (κ1) is 18.1. The van der Waals surface area contributed by atoms with E-state index >= 15 is 0 Å². The van der Waals surface area contributed by atoms with Gasteiger partial charge in [-0.05, 0) is 55.5 Å².